The molecule has 1 fully saturated rings. The second kappa shape index (κ2) is 11.1. The molecule has 0 aromatic heterocycles. The number of carbonyl (C=O) groups is 1. The van der Waals surface area contributed by atoms with E-state index in [0.29, 0.717) is 6.54 Å². The molecular formula is C18H37IN4O2. The number of hydrogen-bond acceptors (Lipinski definition) is 3. The molecule has 7 heteroatoms. The number of aliphatic imine (C=N–C) groups is 1. The van der Waals surface area contributed by atoms with E-state index in [1.807, 2.05) is 20.8 Å². The van der Waals surface area contributed by atoms with Gasteiger partial charge in [0.25, 0.3) is 0 Å². The van der Waals surface area contributed by atoms with Crippen molar-refractivity contribution in [3.05, 3.63) is 0 Å². The number of rotatable bonds is 6. The van der Waals surface area contributed by atoms with Gasteiger partial charge in [0.15, 0.2) is 5.96 Å². The van der Waals surface area contributed by atoms with E-state index >= 15 is 0 Å². The number of ether oxygens (including phenoxy) is 1. The maximum Gasteiger partial charge on any atom is 0.408 e. The topological polar surface area (TPSA) is 66.0 Å². The number of amides is 1. The van der Waals surface area contributed by atoms with E-state index in [9.17, 15) is 4.79 Å². The van der Waals surface area contributed by atoms with Crippen molar-refractivity contribution in [1.82, 2.24) is 15.5 Å². The van der Waals surface area contributed by atoms with Gasteiger partial charge < -0.3 is 20.3 Å². The molecule has 148 valence electrons. The lowest BCUT2D eigenvalue weighted by Crippen LogP contribution is -2.52. The van der Waals surface area contributed by atoms with E-state index in [-0.39, 0.29) is 35.6 Å². The van der Waals surface area contributed by atoms with Gasteiger partial charge >= 0.3 is 6.09 Å². The number of carbonyl (C=O) groups excluding carboxylic acids is 1. The molecular weight excluding hydrogens is 431 g/mol. The van der Waals surface area contributed by atoms with E-state index in [1.54, 1.807) is 0 Å². The Morgan fingerprint density at radius 3 is 2.12 bits per heavy atom. The third-order valence-corrected chi connectivity index (χ3v) is 4.39. The molecule has 1 rings (SSSR count). The highest BCUT2D eigenvalue weighted by molar-refractivity contribution is 14.0. The van der Waals surface area contributed by atoms with Crippen LogP contribution in [0.1, 0.15) is 67.2 Å². The van der Waals surface area contributed by atoms with Crippen LogP contribution in [0.15, 0.2) is 4.99 Å². The van der Waals surface area contributed by atoms with Gasteiger partial charge in [0.2, 0.25) is 0 Å². The number of nitrogens with zero attached hydrogens (tertiary/aromatic N) is 2. The van der Waals surface area contributed by atoms with Crippen LogP contribution in [0.3, 0.4) is 0 Å². The summed E-state index contributed by atoms with van der Waals surface area (Å²) in [4.78, 5) is 19.3. The molecule has 1 amide bonds. The lowest BCUT2D eigenvalue weighted by Gasteiger charge is -2.33. The Balaban J connectivity index is 0.00000576. The summed E-state index contributed by atoms with van der Waals surface area (Å²) in [5.41, 5.74) is -0.867. The highest BCUT2D eigenvalue weighted by atomic mass is 127. The van der Waals surface area contributed by atoms with E-state index in [0.717, 1.165) is 38.4 Å². The summed E-state index contributed by atoms with van der Waals surface area (Å²) in [6.07, 6.45) is 3.69. The predicted octanol–water partition coefficient (Wildman–Crippen LogP) is 3.75. The average Bonchev–Trinajstić information content (AvgIpc) is 3.02. The summed E-state index contributed by atoms with van der Waals surface area (Å²) in [7, 11) is 0. The molecule has 0 saturated carbocycles. The van der Waals surface area contributed by atoms with Gasteiger partial charge in [-0.25, -0.2) is 4.79 Å². The number of nitrogens with one attached hydrogen (secondary N) is 2. The fraction of sp³-hybridized carbons (Fsp3) is 0.889. The van der Waals surface area contributed by atoms with Crippen LogP contribution in [0.4, 0.5) is 4.79 Å². The third-order valence-electron chi connectivity index (χ3n) is 4.39. The number of halogens is 1. The van der Waals surface area contributed by atoms with Crippen LogP contribution in [-0.2, 0) is 4.74 Å². The van der Waals surface area contributed by atoms with Crippen LogP contribution in [0, 0.1) is 0 Å². The van der Waals surface area contributed by atoms with Gasteiger partial charge in [-0.3, -0.25) is 4.99 Å². The van der Waals surface area contributed by atoms with Crippen LogP contribution < -0.4 is 10.6 Å². The molecule has 1 heterocycles. The minimum atomic E-state index is -0.495. The fourth-order valence-electron chi connectivity index (χ4n) is 2.79. The highest BCUT2D eigenvalue weighted by Crippen LogP contribution is 2.18. The Kier molecular flexibility index (Phi) is 10.8. The van der Waals surface area contributed by atoms with Crippen molar-refractivity contribution in [3.63, 3.8) is 0 Å². The van der Waals surface area contributed by atoms with E-state index in [2.05, 4.69) is 36.3 Å². The van der Waals surface area contributed by atoms with Crippen LogP contribution in [0.2, 0.25) is 0 Å². The molecule has 0 bridgehead atoms. The molecule has 0 aliphatic carbocycles. The standard InChI is InChI=1S/C18H36N4O2.HI/c1-7-18(8-2,21-16(23)24-17(4,5)6)14-20-15(19-9-3)22-12-10-11-13-22;/h7-14H2,1-6H3,(H,19,20)(H,21,23);1H. The minimum absolute atomic E-state index is 0. The molecule has 0 radical (unpaired) electrons. The molecule has 0 spiro atoms. The molecule has 1 saturated heterocycles. The zero-order valence-corrected chi connectivity index (χ0v) is 19.1. The van der Waals surface area contributed by atoms with Gasteiger partial charge in [-0.2, -0.15) is 0 Å². The Labute approximate surface area is 170 Å². The first-order valence-corrected chi connectivity index (χ1v) is 9.29. The second-order valence-electron chi connectivity index (χ2n) is 7.48. The number of hydrogen-bond donors (Lipinski definition) is 2. The predicted molar refractivity (Wildman–Crippen MR) is 115 cm³/mol. The molecule has 25 heavy (non-hydrogen) atoms. The lowest BCUT2D eigenvalue weighted by atomic mass is 9.93. The van der Waals surface area contributed by atoms with Crippen molar-refractivity contribution < 1.29 is 9.53 Å². The summed E-state index contributed by atoms with van der Waals surface area (Å²) in [6.45, 7) is 15.4. The first-order valence-electron chi connectivity index (χ1n) is 9.29. The fourth-order valence-corrected chi connectivity index (χ4v) is 2.79. The SMILES string of the molecule is CCNC(=NCC(CC)(CC)NC(=O)OC(C)(C)C)N1CCCC1.I. The first kappa shape index (κ1) is 24.3. The summed E-state index contributed by atoms with van der Waals surface area (Å²) in [6, 6.07) is 0. The van der Waals surface area contributed by atoms with E-state index in [4.69, 9.17) is 9.73 Å². The molecule has 1 aliphatic heterocycles. The van der Waals surface area contributed by atoms with E-state index in [1.165, 1.54) is 12.8 Å². The summed E-state index contributed by atoms with van der Waals surface area (Å²) in [5, 5.41) is 6.43. The van der Waals surface area contributed by atoms with Crippen molar-refractivity contribution in [2.45, 2.75) is 78.4 Å². The largest absolute Gasteiger partial charge is 0.444 e. The zero-order valence-electron chi connectivity index (χ0n) is 16.8. The summed E-state index contributed by atoms with van der Waals surface area (Å²) in [5.74, 6) is 0.951. The molecule has 0 unspecified atom stereocenters. The Hall–Kier alpha value is -0.730. The van der Waals surface area contributed by atoms with Gasteiger partial charge in [0.1, 0.15) is 5.60 Å². The Morgan fingerprint density at radius 1 is 1.12 bits per heavy atom. The average molecular weight is 468 g/mol. The van der Waals surface area contributed by atoms with Gasteiger partial charge in [-0.05, 0) is 53.4 Å². The number of guanidine groups is 1. The maximum atomic E-state index is 12.2. The summed E-state index contributed by atoms with van der Waals surface area (Å²) >= 11 is 0. The van der Waals surface area contributed by atoms with Crippen molar-refractivity contribution >= 4 is 36.0 Å². The molecule has 6 nitrogen and oxygen atoms in total. The Morgan fingerprint density at radius 2 is 1.68 bits per heavy atom. The lowest BCUT2D eigenvalue weighted by molar-refractivity contribution is 0.0451. The quantitative estimate of drug-likeness (QED) is 0.354. The van der Waals surface area contributed by atoms with Crippen LogP contribution in [-0.4, -0.2) is 54.3 Å². The van der Waals surface area contributed by atoms with E-state index < -0.39 is 5.60 Å². The van der Waals surface area contributed by atoms with Crippen molar-refractivity contribution in [3.8, 4) is 0 Å². The molecule has 0 aromatic carbocycles. The van der Waals surface area contributed by atoms with Gasteiger partial charge in [0.05, 0.1) is 12.1 Å². The number of likely N-dealkylation sites (tertiary alicyclic amines) is 1. The van der Waals surface area contributed by atoms with Gasteiger partial charge in [0, 0.05) is 19.6 Å². The van der Waals surface area contributed by atoms with Crippen molar-refractivity contribution in [2.75, 3.05) is 26.2 Å². The van der Waals surface area contributed by atoms with Gasteiger partial charge in [-0.1, -0.05) is 13.8 Å². The van der Waals surface area contributed by atoms with Crippen molar-refractivity contribution in [2.24, 2.45) is 4.99 Å². The van der Waals surface area contributed by atoms with Crippen LogP contribution in [0.5, 0.6) is 0 Å². The molecule has 0 aromatic rings. The highest BCUT2D eigenvalue weighted by Gasteiger charge is 2.31. The number of alkyl carbamates (subject to hydrolysis) is 1. The monoisotopic (exact) mass is 468 g/mol. The maximum absolute atomic E-state index is 12.2. The first-order chi connectivity index (χ1) is 11.2. The molecule has 1 aliphatic rings. The third kappa shape index (κ3) is 8.46. The van der Waals surface area contributed by atoms with Crippen LogP contribution >= 0.6 is 24.0 Å². The Bertz CT molecular complexity index is 425. The van der Waals surface area contributed by atoms with Crippen molar-refractivity contribution in [1.29, 1.82) is 0 Å². The molecule has 0 atom stereocenters. The zero-order chi connectivity index (χ0) is 18.2. The van der Waals surface area contributed by atoms with Crippen LogP contribution in [0.25, 0.3) is 0 Å². The second-order valence-corrected chi connectivity index (χ2v) is 7.48. The normalized spacial score (nSPS) is 15.6. The van der Waals surface area contributed by atoms with Gasteiger partial charge in [-0.15, -0.1) is 24.0 Å². The molecule has 2 N–H and O–H groups in total. The minimum Gasteiger partial charge on any atom is -0.444 e. The summed E-state index contributed by atoms with van der Waals surface area (Å²) < 4.78 is 5.43. The smallest absolute Gasteiger partial charge is 0.408 e.